The van der Waals surface area contributed by atoms with Crippen molar-refractivity contribution in [1.82, 2.24) is 4.57 Å². The summed E-state index contributed by atoms with van der Waals surface area (Å²) >= 11 is 0. The van der Waals surface area contributed by atoms with E-state index in [1.807, 2.05) is 30.3 Å². The summed E-state index contributed by atoms with van der Waals surface area (Å²) < 4.78 is 8.47. The summed E-state index contributed by atoms with van der Waals surface area (Å²) in [6, 6.07) is 61.1. The van der Waals surface area contributed by atoms with Gasteiger partial charge in [-0.2, -0.15) is 0 Å². The molecule has 7 aromatic carbocycles. The van der Waals surface area contributed by atoms with Crippen LogP contribution >= 0.6 is 0 Å². The van der Waals surface area contributed by atoms with Crippen LogP contribution in [0.4, 0.5) is 0 Å². The van der Waals surface area contributed by atoms with Gasteiger partial charge in [0.2, 0.25) is 0 Å². The maximum absolute atomic E-state index is 6.12. The number of rotatable bonds is 2. The lowest BCUT2D eigenvalue weighted by atomic mass is 10.1. The Kier molecular flexibility index (Phi) is 8.17. The van der Waals surface area contributed by atoms with Crippen molar-refractivity contribution in [3.63, 3.8) is 0 Å². The van der Waals surface area contributed by atoms with Crippen LogP contribution in [0.25, 0.3) is 60.6 Å². The second-order valence-electron chi connectivity index (χ2n) is 11.5. The van der Waals surface area contributed by atoms with Crippen molar-refractivity contribution >= 4 is 43.7 Å². The first-order valence-electron chi connectivity index (χ1n) is 15.7. The van der Waals surface area contributed by atoms with E-state index in [1.165, 1.54) is 49.4 Å². The molecule has 0 aliphatic rings. The molecule has 0 aliphatic carbocycles. The first-order chi connectivity index (χ1) is 22.7. The molecular weight excluding hydrogens is 558 g/mol. The molecule has 0 aliphatic heterocycles. The molecule has 0 fully saturated rings. The standard InChI is InChI=1S/C25H17NO.C12H10.C7H8/c1-16-7-6-10-20-21-15-17(13-14-24(21)27-25(16)20)26-22-11-4-2-8-18(22)19-9-3-5-12-23(19)26;1-3-7-11(8-4-1)12-9-5-2-6-10-12;1-7-5-3-2-4-6-7/h2-15H,1H3;1-10H;2-6H,1H3. The lowest BCUT2D eigenvalue weighted by molar-refractivity contribution is 0.665. The van der Waals surface area contributed by atoms with E-state index in [4.69, 9.17) is 4.42 Å². The van der Waals surface area contributed by atoms with Gasteiger partial charge in [-0.15, -0.1) is 0 Å². The lowest BCUT2D eigenvalue weighted by Gasteiger charge is -2.07. The van der Waals surface area contributed by atoms with Gasteiger partial charge in [-0.1, -0.05) is 151 Å². The molecule has 222 valence electrons. The molecule has 0 bridgehead atoms. The normalized spacial score (nSPS) is 10.8. The third-order valence-corrected chi connectivity index (χ3v) is 8.34. The number of furan rings is 1. The van der Waals surface area contributed by atoms with Crippen LogP contribution in [-0.2, 0) is 0 Å². The summed E-state index contributed by atoms with van der Waals surface area (Å²) in [5, 5.41) is 4.89. The number of hydrogen-bond acceptors (Lipinski definition) is 1. The fourth-order valence-corrected chi connectivity index (χ4v) is 6.06. The zero-order valence-electron chi connectivity index (χ0n) is 26.1. The number of benzene rings is 7. The van der Waals surface area contributed by atoms with Crippen LogP contribution < -0.4 is 0 Å². The molecule has 0 unspecified atom stereocenters. The molecule has 0 amide bonds. The molecule has 0 saturated carbocycles. The molecule has 9 aromatic rings. The van der Waals surface area contributed by atoms with Gasteiger partial charge >= 0.3 is 0 Å². The monoisotopic (exact) mass is 593 g/mol. The molecule has 2 heteroatoms. The predicted molar refractivity (Wildman–Crippen MR) is 196 cm³/mol. The summed E-state index contributed by atoms with van der Waals surface area (Å²) in [6.45, 7) is 4.18. The molecule has 0 atom stereocenters. The second kappa shape index (κ2) is 13.0. The minimum atomic E-state index is 0.934. The summed E-state index contributed by atoms with van der Waals surface area (Å²) in [5.74, 6) is 0. The van der Waals surface area contributed by atoms with Gasteiger partial charge in [-0.3, -0.25) is 0 Å². The number of fused-ring (bicyclic) bond motifs is 6. The average Bonchev–Trinajstić information content (AvgIpc) is 3.66. The van der Waals surface area contributed by atoms with Gasteiger partial charge in [0.05, 0.1) is 11.0 Å². The van der Waals surface area contributed by atoms with E-state index in [9.17, 15) is 0 Å². The number of aryl methyl sites for hydroxylation is 2. The molecule has 0 spiro atoms. The first kappa shape index (κ1) is 28.9. The van der Waals surface area contributed by atoms with E-state index in [0.29, 0.717) is 0 Å². The Morgan fingerprint density at radius 2 is 0.913 bits per heavy atom. The lowest BCUT2D eigenvalue weighted by Crippen LogP contribution is -1.93. The third kappa shape index (κ3) is 5.81. The molecule has 2 nitrogen and oxygen atoms in total. The van der Waals surface area contributed by atoms with E-state index < -0.39 is 0 Å². The number of aromatic nitrogens is 1. The number of hydrogen-bond donors (Lipinski definition) is 0. The van der Waals surface area contributed by atoms with Crippen LogP contribution in [0.2, 0.25) is 0 Å². The van der Waals surface area contributed by atoms with Crippen molar-refractivity contribution in [3.05, 3.63) is 187 Å². The van der Waals surface area contributed by atoms with Crippen molar-refractivity contribution in [1.29, 1.82) is 0 Å². The minimum Gasteiger partial charge on any atom is -0.456 e. The molecule has 46 heavy (non-hydrogen) atoms. The Labute approximate surface area is 269 Å². The summed E-state index contributed by atoms with van der Waals surface area (Å²) in [6.07, 6.45) is 0. The zero-order valence-corrected chi connectivity index (χ0v) is 26.1. The van der Waals surface area contributed by atoms with Gasteiger partial charge in [0, 0.05) is 27.2 Å². The van der Waals surface area contributed by atoms with Crippen LogP contribution in [0.5, 0.6) is 0 Å². The Morgan fingerprint density at radius 1 is 0.413 bits per heavy atom. The van der Waals surface area contributed by atoms with Crippen molar-refractivity contribution in [2.75, 3.05) is 0 Å². The van der Waals surface area contributed by atoms with Crippen molar-refractivity contribution in [2.45, 2.75) is 13.8 Å². The van der Waals surface area contributed by atoms with Gasteiger partial charge in [0.25, 0.3) is 0 Å². The summed E-state index contributed by atoms with van der Waals surface area (Å²) in [5.41, 5.74) is 10.6. The fourth-order valence-electron chi connectivity index (χ4n) is 6.06. The molecular formula is C44H35NO. The predicted octanol–water partition coefficient (Wildman–Crippen LogP) is 12.3. The van der Waals surface area contributed by atoms with Gasteiger partial charge < -0.3 is 8.98 Å². The Morgan fingerprint density at radius 3 is 1.46 bits per heavy atom. The maximum atomic E-state index is 6.12. The molecule has 0 N–H and O–H groups in total. The molecule has 0 radical (unpaired) electrons. The van der Waals surface area contributed by atoms with Crippen LogP contribution in [-0.4, -0.2) is 4.57 Å². The van der Waals surface area contributed by atoms with Crippen molar-refractivity contribution in [3.8, 4) is 16.8 Å². The molecule has 2 heterocycles. The van der Waals surface area contributed by atoms with Crippen LogP contribution in [0, 0.1) is 13.8 Å². The largest absolute Gasteiger partial charge is 0.456 e. The number of nitrogens with zero attached hydrogens (tertiary/aromatic N) is 1. The van der Waals surface area contributed by atoms with Gasteiger partial charge in [0.15, 0.2) is 0 Å². The maximum Gasteiger partial charge on any atom is 0.138 e. The van der Waals surface area contributed by atoms with Gasteiger partial charge in [-0.05, 0) is 60.9 Å². The second-order valence-corrected chi connectivity index (χ2v) is 11.5. The van der Waals surface area contributed by atoms with E-state index in [1.54, 1.807) is 0 Å². The minimum absolute atomic E-state index is 0.934. The Bertz CT molecular complexity index is 2270. The smallest absolute Gasteiger partial charge is 0.138 e. The fraction of sp³-hybridized carbons (Fsp3) is 0.0455. The first-order valence-corrected chi connectivity index (χ1v) is 15.7. The SMILES string of the molecule is Cc1cccc2c1oc1ccc(-n3c4ccccc4c4ccccc43)cc12.Cc1ccccc1.c1ccc(-c2ccccc2)cc1. The molecule has 0 saturated heterocycles. The van der Waals surface area contributed by atoms with Crippen LogP contribution in [0.1, 0.15) is 11.1 Å². The van der Waals surface area contributed by atoms with Crippen molar-refractivity contribution < 1.29 is 4.42 Å². The zero-order chi connectivity index (χ0) is 31.3. The van der Waals surface area contributed by atoms with Crippen molar-refractivity contribution in [2.24, 2.45) is 0 Å². The molecule has 9 rings (SSSR count). The topological polar surface area (TPSA) is 18.1 Å². The highest BCUT2D eigenvalue weighted by Gasteiger charge is 2.14. The van der Waals surface area contributed by atoms with Gasteiger partial charge in [-0.25, -0.2) is 0 Å². The summed E-state index contributed by atoms with van der Waals surface area (Å²) in [7, 11) is 0. The Balaban J connectivity index is 0.000000146. The molecule has 2 aromatic heterocycles. The third-order valence-electron chi connectivity index (χ3n) is 8.34. The highest BCUT2D eigenvalue weighted by Crippen LogP contribution is 2.36. The quantitative estimate of drug-likeness (QED) is 0.195. The van der Waals surface area contributed by atoms with E-state index in [2.05, 4.69) is 164 Å². The van der Waals surface area contributed by atoms with Crippen LogP contribution in [0.15, 0.2) is 180 Å². The number of para-hydroxylation sites is 3. The Hall–Kier alpha value is -5.86. The highest BCUT2D eigenvalue weighted by molar-refractivity contribution is 6.10. The van der Waals surface area contributed by atoms with Crippen LogP contribution in [0.3, 0.4) is 0 Å². The highest BCUT2D eigenvalue weighted by atomic mass is 16.3. The van der Waals surface area contributed by atoms with E-state index in [0.717, 1.165) is 22.2 Å². The van der Waals surface area contributed by atoms with E-state index >= 15 is 0 Å². The van der Waals surface area contributed by atoms with Gasteiger partial charge in [0.1, 0.15) is 11.2 Å². The van der Waals surface area contributed by atoms with E-state index in [-0.39, 0.29) is 0 Å². The summed E-state index contributed by atoms with van der Waals surface area (Å²) in [4.78, 5) is 0. The average molecular weight is 594 g/mol.